The molecule has 5 rings (SSSR count). The molecule has 3 aliphatic rings. The molecule has 0 aromatic carbocycles. The van der Waals surface area contributed by atoms with Crippen molar-refractivity contribution in [2.45, 2.75) is 62.1 Å². The van der Waals surface area contributed by atoms with Crippen molar-refractivity contribution < 1.29 is 9.90 Å². The van der Waals surface area contributed by atoms with E-state index in [1.54, 1.807) is 10.9 Å². The average Bonchev–Trinajstić information content (AvgIpc) is 3.01. The number of carbonyl (C=O) groups is 1. The molecule has 1 amide bonds. The Bertz CT molecular complexity index is 807. The fraction of sp³-hybridized carbons (Fsp3) is 0.611. The predicted octanol–water partition coefficient (Wildman–Crippen LogP) is 1.68. The molecule has 7 heteroatoms. The number of aliphatic hydroxyl groups is 1. The van der Waals surface area contributed by atoms with Gasteiger partial charge in [-0.2, -0.15) is 10.2 Å². The van der Waals surface area contributed by atoms with Crippen molar-refractivity contribution in [3.63, 3.8) is 0 Å². The smallest absolute Gasteiger partial charge is 0.274 e. The van der Waals surface area contributed by atoms with E-state index in [1.807, 2.05) is 24.1 Å². The number of aryl methyl sites for hydroxylation is 1. The molecular weight excluding hydrogens is 318 g/mol. The molecule has 1 aliphatic carbocycles. The van der Waals surface area contributed by atoms with Crippen LogP contribution in [0.5, 0.6) is 0 Å². The summed E-state index contributed by atoms with van der Waals surface area (Å²) in [5.41, 5.74) is 1.54. The van der Waals surface area contributed by atoms with E-state index in [2.05, 4.69) is 15.3 Å². The number of amides is 1. The molecule has 4 heterocycles. The number of aromatic amines is 1. The van der Waals surface area contributed by atoms with E-state index in [1.165, 1.54) is 12.8 Å². The number of fused-ring (bicyclic) bond motifs is 2. The van der Waals surface area contributed by atoms with Crippen molar-refractivity contribution in [3.8, 4) is 0 Å². The van der Waals surface area contributed by atoms with Gasteiger partial charge in [-0.05, 0) is 37.8 Å². The van der Waals surface area contributed by atoms with Crippen LogP contribution >= 0.6 is 0 Å². The highest BCUT2D eigenvalue weighted by molar-refractivity contribution is 5.93. The van der Waals surface area contributed by atoms with Crippen molar-refractivity contribution in [2.24, 2.45) is 7.05 Å². The van der Waals surface area contributed by atoms with Gasteiger partial charge in [0.05, 0.1) is 5.69 Å². The lowest BCUT2D eigenvalue weighted by Gasteiger charge is -2.43. The lowest BCUT2D eigenvalue weighted by Crippen LogP contribution is -2.52. The number of piperidine rings is 1. The summed E-state index contributed by atoms with van der Waals surface area (Å²) >= 11 is 0. The molecule has 132 valence electrons. The Balaban J connectivity index is 1.40. The normalized spacial score (nSPS) is 31.5. The molecule has 2 aromatic heterocycles. The van der Waals surface area contributed by atoms with Gasteiger partial charge >= 0.3 is 0 Å². The van der Waals surface area contributed by atoms with Crippen LogP contribution in [0.3, 0.4) is 0 Å². The Morgan fingerprint density at radius 1 is 1.28 bits per heavy atom. The van der Waals surface area contributed by atoms with Gasteiger partial charge in [0.15, 0.2) is 0 Å². The fourth-order valence-corrected chi connectivity index (χ4v) is 4.78. The van der Waals surface area contributed by atoms with Crippen LogP contribution in [0.4, 0.5) is 0 Å². The molecule has 2 saturated heterocycles. The van der Waals surface area contributed by atoms with E-state index in [4.69, 9.17) is 0 Å². The van der Waals surface area contributed by atoms with Crippen molar-refractivity contribution >= 4 is 5.91 Å². The topological polar surface area (TPSA) is 87.0 Å². The molecule has 2 bridgehead atoms. The molecular formula is C18H23N5O2. The lowest BCUT2D eigenvalue weighted by atomic mass is 9.83. The maximum Gasteiger partial charge on any atom is 0.274 e. The van der Waals surface area contributed by atoms with Crippen LogP contribution < -0.4 is 0 Å². The Morgan fingerprint density at radius 3 is 2.60 bits per heavy atom. The summed E-state index contributed by atoms with van der Waals surface area (Å²) in [5, 5.41) is 22.7. The predicted molar refractivity (Wildman–Crippen MR) is 89.9 cm³/mol. The van der Waals surface area contributed by atoms with Crippen LogP contribution in [0.2, 0.25) is 0 Å². The first-order valence-electron chi connectivity index (χ1n) is 9.14. The Morgan fingerprint density at radius 2 is 2.00 bits per heavy atom. The Hall–Kier alpha value is -2.15. The van der Waals surface area contributed by atoms with Gasteiger partial charge in [-0.25, -0.2) is 0 Å². The van der Waals surface area contributed by atoms with E-state index >= 15 is 0 Å². The first-order chi connectivity index (χ1) is 12.0. The Kier molecular flexibility index (Phi) is 3.13. The van der Waals surface area contributed by atoms with Crippen LogP contribution in [-0.4, -0.2) is 48.0 Å². The van der Waals surface area contributed by atoms with E-state index in [0.29, 0.717) is 24.5 Å². The molecule has 2 unspecified atom stereocenters. The summed E-state index contributed by atoms with van der Waals surface area (Å²) in [4.78, 5) is 15.0. The number of nitrogens with one attached hydrogen (secondary N) is 1. The van der Waals surface area contributed by atoms with Gasteiger partial charge in [-0.15, -0.1) is 0 Å². The number of rotatable bonds is 3. The zero-order valence-corrected chi connectivity index (χ0v) is 14.4. The van der Waals surface area contributed by atoms with Crippen molar-refractivity contribution in [2.75, 3.05) is 0 Å². The average molecular weight is 341 g/mol. The summed E-state index contributed by atoms with van der Waals surface area (Å²) < 4.78 is 1.74. The van der Waals surface area contributed by atoms with Crippen LogP contribution in [-0.2, 0) is 12.6 Å². The molecule has 3 fully saturated rings. The highest BCUT2D eigenvalue weighted by atomic mass is 16.3. The van der Waals surface area contributed by atoms with E-state index in [9.17, 15) is 9.90 Å². The van der Waals surface area contributed by atoms with E-state index in [0.717, 1.165) is 24.2 Å². The molecule has 0 radical (unpaired) electrons. The molecule has 2 atom stereocenters. The number of nitrogens with zero attached hydrogens (tertiary/aromatic N) is 4. The molecule has 2 aromatic rings. The summed E-state index contributed by atoms with van der Waals surface area (Å²) in [7, 11) is 1.86. The zero-order chi connectivity index (χ0) is 17.2. The maximum absolute atomic E-state index is 13.0. The largest absolute Gasteiger partial charge is 0.383 e. The monoisotopic (exact) mass is 341 g/mol. The van der Waals surface area contributed by atoms with Gasteiger partial charge in [0.1, 0.15) is 11.3 Å². The number of hydrogen-bond acceptors (Lipinski definition) is 4. The van der Waals surface area contributed by atoms with E-state index in [-0.39, 0.29) is 18.0 Å². The SMILES string of the molecule is Cn1nccc1C1(O)CC2CCC(C1)N2C(=O)c1cc(C2CC2)[nH]n1. The van der Waals surface area contributed by atoms with Gasteiger partial charge in [-0.3, -0.25) is 14.6 Å². The second-order valence-corrected chi connectivity index (χ2v) is 7.86. The number of carbonyl (C=O) groups excluding carboxylic acids is 1. The highest BCUT2D eigenvalue weighted by Gasteiger charge is 2.51. The van der Waals surface area contributed by atoms with Gasteiger partial charge in [0.2, 0.25) is 0 Å². The summed E-state index contributed by atoms with van der Waals surface area (Å²) in [6, 6.07) is 3.92. The second-order valence-electron chi connectivity index (χ2n) is 7.86. The lowest BCUT2D eigenvalue weighted by molar-refractivity contribution is -0.0531. The maximum atomic E-state index is 13.0. The van der Waals surface area contributed by atoms with Gasteiger partial charge in [0, 0.05) is 49.8 Å². The van der Waals surface area contributed by atoms with Gasteiger partial charge in [0.25, 0.3) is 5.91 Å². The quantitative estimate of drug-likeness (QED) is 0.889. The van der Waals surface area contributed by atoms with Gasteiger partial charge < -0.3 is 10.0 Å². The van der Waals surface area contributed by atoms with Crippen LogP contribution in [0.1, 0.15) is 66.3 Å². The molecule has 1 saturated carbocycles. The minimum absolute atomic E-state index is 0.00251. The molecule has 2 N–H and O–H groups in total. The third kappa shape index (κ3) is 2.33. The number of aromatic nitrogens is 4. The molecule has 0 spiro atoms. The van der Waals surface area contributed by atoms with Crippen molar-refractivity contribution in [3.05, 3.63) is 35.4 Å². The third-order valence-corrected chi connectivity index (χ3v) is 6.13. The second kappa shape index (κ2) is 5.17. The summed E-state index contributed by atoms with van der Waals surface area (Å²) in [6.45, 7) is 0. The highest BCUT2D eigenvalue weighted by Crippen LogP contribution is 2.46. The molecule has 2 aliphatic heterocycles. The minimum Gasteiger partial charge on any atom is -0.383 e. The Labute approximate surface area is 146 Å². The summed E-state index contributed by atoms with van der Waals surface area (Å²) in [5.74, 6) is 0.560. The molecule has 7 nitrogen and oxygen atoms in total. The standard InChI is InChI=1S/C18H23N5O2/c1-22-16(6-7-19-22)18(25)9-12-4-5-13(10-18)23(12)17(24)15-8-14(20-21-15)11-2-3-11/h6-8,11-13,25H,2-5,9-10H2,1H3,(H,20,21). The molecule has 25 heavy (non-hydrogen) atoms. The first kappa shape index (κ1) is 15.1. The van der Waals surface area contributed by atoms with Gasteiger partial charge in [-0.1, -0.05) is 0 Å². The van der Waals surface area contributed by atoms with Crippen LogP contribution in [0, 0.1) is 0 Å². The number of hydrogen-bond donors (Lipinski definition) is 2. The van der Waals surface area contributed by atoms with Crippen molar-refractivity contribution in [1.82, 2.24) is 24.9 Å². The first-order valence-corrected chi connectivity index (χ1v) is 9.14. The third-order valence-electron chi connectivity index (χ3n) is 6.13. The summed E-state index contributed by atoms with van der Waals surface area (Å²) in [6.07, 6.45) is 7.09. The van der Waals surface area contributed by atoms with Crippen LogP contribution in [0.25, 0.3) is 0 Å². The number of H-pyrrole nitrogens is 1. The van der Waals surface area contributed by atoms with Crippen LogP contribution in [0.15, 0.2) is 18.3 Å². The zero-order valence-electron chi connectivity index (χ0n) is 14.4. The fourth-order valence-electron chi connectivity index (χ4n) is 4.78. The van der Waals surface area contributed by atoms with E-state index < -0.39 is 5.60 Å². The van der Waals surface area contributed by atoms with Crippen molar-refractivity contribution in [1.29, 1.82) is 0 Å². The minimum atomic E-state index is -0.904.